The van der Waals surface area contributed by atoms with Gasteiger partial charge in [0.2, 0.25) is 5.91 Å². The number of fused-ring (bicyclic) bond motifs is 1. The standard InChI is InChI=1S/C27H28ClN5O/c1-18-16-24(33-26(30-18)25(19(2)31-33)21-8-10-23(28)11-9-21)32-14-12-22(13-15-32)27(34)29-17-20-6-4-3-5-7-20/h3-11,16,22H,12-15,17H2,1-2H3,(H,29,34). The molecule has 0 saturated carbocycles. The first kappa shape index (κ1) is 22.4. The van der Waals surface area contributed by atoms with Gasteiger partial charge in [-0.1, -0.05) is 54.1 Å². The molecular weight excluding hydrogens is 446 g/mol. The average Bonchev–Trinajstić information content (AvgIpc) is 3.19. The van der Waals surface area contributed by atoms with Crippen LogP contribution in [0.25, 0.3) is 16.8 Å². The Labute approximate surface area is 204 Å². The van der Waals surface area contributed by atoms with Gasteiger partial charge in [-0.2, -0.15) is 9.61 Å². The minimum Gasteiger partial charge on any atom is -0.356 e. The highest BCUT2D eigenvalue weighted by atomic mass is 35.5. The molecule has 4 aromatic rings. The average molecular weight is 474 g/mol. The molecule has 6 nitrogen and oxygen atoms in total. The molecule has 5 rings (SSSR count). The molecule has 0 aliphatic carbocycles. The number of anilines is 1. The van der Waals surface area contributed by atoms with E-state index in [1.165, 1.54) is 0 Å². The second kappa shape index (κ2) is 9.47. The highest BCUT2D eigenvalue weighted by Crippen LogP contribution is 2.32. The number of carbonyl (C=O) groups is 1. The van der Waals surface area contributed by atoms with Crippen molar-refractivity contribution in [2.75, 3.05) is 18.0 Å². The van der Waals surface area contributed by atoms with Crippen LogP contribution >= 0.6 is 11.6 Å². The van der Waals surface area contributed by atoms with Gasteiger partial charge in [-0.05, 0) is 49.9 Å². The van der Waals surface area contributed by atoms with Crippen LogP contribution in [0.5, 0.6) is 0 Å². The van der Waals surface area contributed by atoms with E-state index in [-0.39, 0.29) is 11.8 Å². The van der Waals surface area contributed by atoms with Crippen LogP contribution < -0.4 is 10.2 Å². The number of carbonyl (C=O) groups excluding carboxylic acids is 1. The summed E-state index contributed by atoms with van der Waals surface area (Å²) in [4.78, 5) is 19.9. The monoisotopic (exact) mass is 473 g/mol. The Morgan fingerprint density at radius 3 is 2.47 bits per heavy atom. The maximum atomic E-state index is 12.7. The fourth-order valence-corrected chi connectivity index (χ4v) is 4.83. The number of hydrogen-bond donors (Lipinski definition) is 1. The number of aryl methyl sites for hydroxylation is 2. The first-order chi connectivity index (χ1) is 16.5. The second-order valence-corrected chi connectivity index (χ2v) is 9.36. The minimum atomic E-state index is 0.0300. The molecule has 0 atom stereocenters. The van der Waals surface area contributed by atoms with E-state index in [1.54, 1.807) is 0 Å². The van der Waals surface area contributed by atoms with Gasteiger partial charge >= 0.3 is 0 Å². The molecule has 1 fully saturated rings. The third kappa shape index (κ3) is 4.50. The van der Waals surface area contributed by atoms with Crippen LogP contribution in [0.3, 0.4) is 0 Å². The summed E-state index contributed by atoms with van der Waals surface area (Å²) in [6.07, 6.45) is 1.63. The Balaban J connectivity index is 1.34. The van der Waals surface area contributed by atoms with Crippen LogP contribution in [0.1, 0.15) is 29.8 Å². The van der Waals surface area contributed by atoms with E-state index in [0.717, 1.165) is 65.5 Å². The normalized spacial score (nSPS) is 14.5. The molecule has 3 heterocycles. The van der Waals surface area contributed by atoms with E-state index < -0.39 is 0 Å². The molecule has 7 heteroatoms. The quantitative estimate of drug-likeness (QED) is 0.432. The number of amides is 1. The van der Waals surface area contributed by atoms with Gasteiger partial charge in [-0.25, -0.2) is 4.98 Å². The van der Waals surface area contributed by atoms with Crippen molar-refractivity contribution in [1.82, 2.24) is 19.9 Å². The highest BCUT2D eigenvalue weighted by Gasteiger charge is 2.27. The van der Waals surface area contributed by atoms with E-state index in [4.69, 9.17) is 21.7 Å². The first-order valence-corrected chi connectivity index (χ1v) is 12.1. The number of benzene rings is 2. The maximum absolute atomic E-state index is 12.7. The Kier molecular flexibility index (Phi) is 6.24. The molecule has 0 unspecified atom stereocenters. The lowest BCUT2D eigenvalue weighted by Crippen LogP contribution is -2.41. The fourth-order valence-electron chi connectivity index (χ4n) is 4.71. The summed E-state index contributed by atoms with van der Waals surface area (Å²) in [5, 5.41) is 8.65. The molecule has 1 N–H and O–H groups in total. The lowest BCUT2D eigenvalue weighted by atomic mass is 9.95. The van der Waals surface area contributed by atoms with Crippen molar-refractivity contribution in [3.8, 4) is 11.1 Å². The van der Waals surface area contributed by atoms with Crippen LogP contribution in [0.2, 0.25) is 5.02 Å². The number of aromatic nitrogens is 3. The molecule has 174 valence electrons. The molecule has 1 aliphatic heterocycles. The van der Waals surface area contributed by atoms with Gasteiger partial charge in [0.05, 0.1) is 5.69 Å². The summed E-state index contributed by atoms with van der Waals surface area (Å²) in [7, 11) is 0. The topological polar surface area (TPSA) is 62.5 Å². The van der Waals surface area contributed by atoms with Crippen LogP contribution in [0.15, 0.2) is 60.7 Å². The van der Waals surface area contributed by atoms with Crippen molar-refractivity contribution < 1.29 is 4.79 Å². The van der Waals surface area contributed by atoms with Gasteiger partial charge < -0.3 is 10.2 Å². The number of hydrogen-bond acceptors (Lipinski definition) is 4. The molecule has 1 saturated heterocycles. The van der Waals surface area contributed by atoms with Gasteiger partial charge in [0.15, 0.2) is 5.65 Å². The van der Waals surface area contributed by atoms with Gasteiger partial charge in [0, 0.05) is 47.9 Å². The fraction of sp³-hybridized carbons (Fsp3) is 0.296. The predicted molar refractivity (Wildman–Crippen MR) is 136 cm³/mol. The Morgan fingerprint density at radius 2 is 1.76 bits per heavy atom. The zero-order valence-electron chi connectivity index (χ0n) is 19.5. The molecular formula is C27H28ClN5O. The molecule has 0 bridgehead atoms. The van der Waals surface area contributed by atoms with E-state index >= 15 is 0 Å². The highest BCUT2D eigenvalue weighted by molar-refractivity contribution is 6.30. The van der Waals surface area contributed by atoms with Gasteiger partial charge in [0.1, 0.15) is 5.82 Å². The van der Waals surface area contributed by atoms with E-state index in [1.807, 2.05) is 73.0 Å². The number of halogens is 1. The van der Waals surface area contributed by atoms with Gasteiger partial charge in [-0.3, -0.25) is 4.79 Å². The SMILES string of the molecule is Cc1cc(N2CCC(C(=O)NCc3ccccc3)CC2)n2nc(C)c(-c3ccc(Cl)cc3)c2n1. The van der Waals surface area contributed by atoms with E-state index in [0.29, 0.717) is 11.6 Å². The number of piperidine rings is 1. The molecule has 0 spiro atoms. The lowest BCUT2D eigenvalue weighted by molar-refractivity contribution is -0.125. The molecule has 0 radical (unpaired) electrons. The largest absolute Gasteiger partial charge is 0.356 e. The number of nitrogens with zero attached hydrogens (tertiary/aromatic N) is 4. The van der Waals surface area contributed by atoms with Crippen molar-refractivity contribution in [3.05, 3.63) is 82.6 Å². The summed E-state index contributed by atoms with van der Waals surface area (Å²) in [5.41, 5.74) is 5.91. The number of nitrogens with one attached hydrogen (secondary N) is 1. The third-order valence-electron chi connectivity index (χ3n) is 6.51. The van der Waals surface area contributed by atoms with Crippen LogP contribution in [0.4, 0.5) is 5.82 Å². The van der Waals surface area contributed by atoms with Crippen LogP contribution in [-0.4, -0.2) is 33.6 Å². The predicted octanol–water partition coefficient (Wildman–Crippen LogP) is 5.20. The van der Waals surface area contributed by atoms with Crippen molar-refractivity contribution >= 4 is 29.0 Å². The van der Waals surface area contributed by atoms with Crippen LogP contribution in [0, 0.1) is 19.8 Å². The maximum Gasteiger partial charge on any atom is 0.223 e. The smallest absolute Gasteiger partial charge is 0.223 e. The van der Waals surface area contributed by atoms with Crippen molar-refractivity contribution in [2.24, 2.45) is 5.92 Å². The van der Waals surface area contributed by atoms with Crippen molar-refractivity contribution in [1.29, 1.82) is 0 Å². The van der Waals surface area contributed by atoms with Crippen molar-refractivity contribution in [3.63, 3.8) is 0 Å². The zero-order chi connectivity index (χ0) is 23.7. The first-order valence-electron chi connectivity index (χ1n) is 11.7. The van der Waals surface area contributed by atoms with Crippen molar-refractivity contribution in [2.45, 2.75) is 33.2 Å². The second-order valence-electron chi connectivity index (χ2n) is 8.92. The Hall–Kier alpha value is -3.38. The summed E-state index contributed by atoms with van der Waals surface area (Å²) in [6.45, 7) is 6.21. The molecule has 1 amide bonds. The molecule has 34 heavy (non-hydrogen) atoms. The summed E-state index contributed by atoms with van der Waals surface area (Å²) in [6, 6.07) is 19.9. The lowest BCUT2D eigenvalue weighted by Gasteiger charge is -2.33. The Bertz CT molecular complexity index is 1310. The zero-order valence-corrected chi connectivity index (χ0v) is 20.2. The van der Waals surface area contributed by atoms with E-state index in [2.05, 4.69) is 16.3 Å². The number of rotatable bonds is 5. The minimum absolute atomic E-state index is 0.0300. The van der Waals surface area contributed by atoms with E-state index in [9.17, 15) is 4.79 Å². The van der Waals surface area contributed by atoms with Gasteiger partial charge in [0.25, 0.3) is 0 Å². The summed E-state index contributed by atoms with van der Waals surface area (Å²) < 4.78 is 1.95. The molecule has 1 aliphatic rings. The Morgan fingerprint density at radius 1 is 1.06 bits per heavy atom. The summed E-state index contributed by atoms with van der Waals surface area (Å²) >= 11 is 6.10. The third-order valence-corrected chi connectivity index (χ3v) is 6.76. The van der Waals surface area contributed by atoms with Crippen LogP contribution in [-0.2, 0) is 11.3 Å². The summed E-state index contributed by atoms with van der Waals surface area (Å²) in [5.74, 6) is 1.19. The molecule has 2 aromatic carbocycles. The molecule has 2 aromatic heterocycles. The van der Waals surface area contributed by atoms with Gasteiger partial charge in [-0.15, -0.1) is 0 Å².